The predicted octanol–water partition coefficient (Wildman–Crippen LogP) is 6.95. The zero-order valence-electron chi connectivity index (χ0n) is 16.1. The zero-order valence-corrected chi connectivity index (χ0v) is 16.1. The lowest BCUT2D eigenvalue weighted by atomic mass is 9.78. The Balaban J connectivity index is 3.10. The summed E-state index contributed by atoms with van der Waals surface area (Å²) in [5, 5.41) is 0. The summed E-state index contributed by atoms with van der Waals surface area (Å²) >= 11 is 0. The summed E-state index contributed by atoms with van der Waals surface area (Å²) in [4.78, 5) is 11.3. The van der Waals surface area contributed by atoms with Gasteiger partial charge in [0.2, 0.25) is 0 Å². The number of alkyl halides is 16. The van der Waals surface area contributed by atoms with Gasteiger partial charge in [0, 0.05) is 5.92 Å². The van der Waals surface area contributed by atoms with E-state index in [4.69, 9.17) is 0 Å². The molecule has 1 saturated carbocycles. The van der Waals surface area contributed by atoms with E-state index in [-0.39, 0.29) is 0 Å². The Kier molecular flexibility index (Phi) is 7.65. The Hall–Kier alpha value is -1.91. The monoisotopic (exact) mass is 540 g/mol. The normalized spacial score (nSPS) is 21.9. The highest BCUT2D eigenvalue weighted by Gasteiger charge is 2.91. The molecule has 0 unspecified atom stereocenters. The fourth-order valence-electron chi connectivity index (χ4n) is 2.92. The van der Waals surface area contributed by atoms with Crippen molar-refractivity contribution in [1.82, 2.24) is 0 Å². The van der Waals surface area contributed by atoms with E-state index in [0.29, 0.717) is 0 Å². The number of hydrogen-bond acceptors (Lipinski definition) is 2. The molecule has 1 rings (SSSR count). The first-order valence-corrected chi connectivity index (χ1v) is 8.69. The van der Waals surface area contributed by atoms with Crippen LogP contribution in [0, 0.1) is 5.92 Å². The van der Waals surface area contributed by atoms with Crippen LogP contribution in [0.2, 0.25) is 0 Å². The summed E-state index contributed by atoms with van der Waals surface area (Å²) in [6, 6.07) is 0. The smallest absolute Gasteiger partial charge is 0.459 e. The van der Waals surface area contributed by atoms with Crippen LogP contribution in [0.1, 0.15) is 25.7 Å². The maximum atomic E-state index is 14.1. The predicted molar refractivity (Wildman–Crippen MR) is 77.8 cm³/mol. The van der Waals surface area contributed by atoms with Crippen molar-refractivity contribution in [2.24, 2.45) is 5.92 Å². The van der Waals surface area contributed by atoms with Gasteiger partial charge in [-0.2, -0.15) is 70.2 Å². The summed E-state index contributed by atoms with van der Waals surface area (Å²) < 4.78 is 213. The summed E-state index contributed by atoms with van der Waals surface area (Å²) in [7, 11) is 0. The van der Waals surface area contributed by atoms with Gasteiger partial charge in [-0.1, -0.05) is 6.58 Å². The molecular formula is C16H12F16O2. The van der Waals surface area contributed by atoms with Crippen molar-refractivity contribution in [2.75, 3.05) is 0 Å². The maximum absolute atomic E-state index is 14.1. The number of carbonyl (C=O) groups excluding carboxylic acids is 1. The van der Waals surface area contributed by atoms with Crippen molar-refractivity contribution in [3.63, 3.8) is 0 Å². The molecule has 0 aliphatic heterocycles. The molecule has 18 heteroatoms. The van der Waals surface area contributed by atoms with Gasteiger partial charge in [-0.15, -0.1) is 0 Å². The van der Waals surface area contributed by atoms with Crippen molar-refractivity contribution < 1.29 is 79.8 Å². The van der Waals surface area contributed by atoms with Gasteiger partial charge >= 0.3 is 47.9 Å². The van der Waals surface area contributed by atoms with Crippen LogP contribution in [-0.2, 0) is 9.53 Å². The number of esters is 1. The van der Waals surface area contributed by atoms with Crippen LogP contribution in [0.15, 0.2) is 12.2 Å². The van der Waals surface area contributed by atoms with Gasteiger partial charge in [-0.05, 0) is 25.7 Å². The van der Waals surface area contributed by atoms with E-state index in [1.807, 2.05) is 0 Å². The fourth-order valence-corrected chi connectivity index (χ4v) is 2.92. The highest BCUT2D eigenvalue weighted by atomic mass is 19.4. The van der Waals surface area contributed by atoms with Crippen molar-refractivity contribution in [3.05, 3.63) is 12.2 Å². The Morgan fingerprint density at radius 3 is 1.35 bits per heavy atom. The molecular weight excluding hydrogens is 528 g/mol. The van der Waals surface area contributed by atoms with Crippen molar-refractivity contribution in [1.29, 1.82) is 0 Å². The standard InChI is InChI=1S/C16H12F16O2/c1-6(11(19,20)21)9(33)34-8-4-2-7(3-5-8)10(17,18)12(22,23)13(24,25)14(26,27)15(28,29)16(30,31)32/h7-8H,1-5H2. The van der Waals surface area contributed by atoms with Gasteiger partial charge in [0.05, 0.1) is 0 Å². The van der Waals surface area contributed by atoms with Crippen molar-refractivity contribution in [2.45, 2.75) is 73.8 Å². The topological polar surface area (TPSA) is 26.3 Å². The maximum Gasteiger partial charge on any atom is 0.460 e. The van der Waals surface area contributed by atoms with Gasteiger partial charge < -0.3 is 4.74 Å². The van der Waals surface area contributed by atoms with Crippen molar-refractivity contribution in [3.8, 4) is 0 Å². The van der Waals surface area contributed by atoms with E-state index in [1.54, 1.807) is 0 Å². The molecule has 200 valence electrons. The van der Waals surface area contributed by atoms with E-state index in [2.05, 4.69) is 11.3 Å². The molecule has 0 heterocycles. The Morgan fingerprint density at radius 1 is 0.618 bits per heavy atom. The van der Waals surface area contributed by atoms with Crippen LogP contribution in [0.4, 0.5) is 70.2 Å². The molecule has 0 aromatic carbocycles. The average Bonchev–Trinajstić information content (AvgIpc) is 2.65. The second kappa shape index (κ2) is 8.64. The van der Waals surface area contributed by atoms with Crippen LogP contribution in [0.3, 0.4) is 0 Å². The van der Waals surface area contributed by atoms with E-state index in [0.717, 1.165) is 0 Å². The van der Waals surface area contributed by atoms with Crippen LogP contribution >= 0.6 is 0 Å². The van der Waals surface area contributed by atoms with Gasteiger partial charge in [0.25, 0.3) is 0 Å². The van der Waals surface area contributed by atoms with Crippen LogP contribution in [0.25, 0.3) is 0 Å². The molecule has 0 bridgehead atoms. The first-order chi connectivity index (χ1) is 14.8. The molecule has 0 aromatic heterocycles. The molecule has 0 N–H and O–H groups in total. The third kappa shape index (κ3) is 4.77. The Morgan fingerprint density at radius 2 is 1.00 bits per heavy atom. The lowest BCUT2D eigenvalue weighted by molar-refractivity contribution is -0.443. The second-order valence-corrected chi connectivity index (χ2v) is 7.27. The SMILES string of the molecule is C=C(C(=O)OC1CCC(C(F)(F)C(F)(F)C(F)(F)C(F)(F)C(F)(F)C(F)(F)F)CC1)C(F)(F)F. The number of halogens is 16. The number of ether oxygens (including phenoxy) is 1. The zero-order chi connectivity index (χ0) is 27.3. The first-order valence-electron chi connectivity index (χ1n) is 8.69. The molecule has 0 atom stereocenters. The minimum atomic E-state index is -8.02. The van der Waals surface area contributed by atoms with Gasteiger partial charge in [0.1, 0.15) is 11.7 Å². The lowest BCUT2D eigenvalue weighted by Crippen LogP contribution is -2.71. The molecule has 1 aliphatic rings. The summed E-state index contributed by atoms with van der Waals surface area (Å²) in [5.74, 6) is -42.6. The molecule has 0 aromatic rings. The molecule has 1 fully saturated rings. The van der Waals surface area contributed by atoms with Crippen LogP contribution in [-0.4, -0.2) is 54.0 Å². The van der Waals surface area contributed by atoms with E-state index < -0.39 is 91.2 Å². The van der Waals surface area contributed by atoms with Crippen molar-refractivity contribution >= 4 is 5.97 Å². The molecule has 0 spiro atoms. The Bertz CT molecular complexity index is 771. The van der Waals surface area contributed by atoms with Gasteiger partial charge in [0.15, 0.2) is 0 Å². The minimum absolute atomic E-state index is 0.992. The lowest BCUT2D eigenvalue weighted by Gasteiger charge is -2.43. The molecule has 0 radical (unpaired) electrons. The Labute approximate surface area is 178 Å². The summed E-state index contributed by atoms with van der Waals surface area (Å²) in [5.41, 5.74) is -2.04. The minimum Gasteiger partial charge on any atom is -0.459 e. The molecule has 2 nitrogen and oxygen atoms in total. The highest BCUT2D eigenvalue weighted by Crippen LogP contribution is 2.62. The molecule has 1 aliphatic carbocycles. The second-order valence-electron chi connectivity index (χ2n) is 7.27. The van der Waals surface area contributed by atoms with Crippen LogP contribution in [0.5, 0.6) is 0 Å². The quantitative estimate of drug-likeness (QED) is 0.199. The molecule has 0 amide bonds. The van der Waals surface area contributed by atoms with Gasteiger partial charge in [-0.3, -0.25) is 0 Å². The largest absolute Gasteiger partial charge is 0.460 e. The van der Waals surface area contributed by atoms with Gasteiger partial charge in [-0.25, -0.2) is 4.79 Å². The number of carbonyl (C=O) groups is 1. The third-order valence-corrected chi connectivity index (χ3v) is 5.01. The van der Waals surface area contributed by atoms with E-state index in [9.17, 15) is 75.0 Å². The summed E-state index contributed by atoms with van der Waals surface area (Å²) in [6.45, 7) is 2.35. The highest BCUT2D eigenvalue weighted by molar-refractivity contribution is 5.89. The van der Waals surface area contributed by atoms with Crippen LogP contribution < -0.4 is 0 Å². The van der Waals surface area contributed by atoms with E-state index in [1.165, 1.54) is 0 Å². The first kappa shape index (κ1) is 30.1. The molecule has 0 saturated heterocycles. The number of rotatable bonds is 7. The number of hydrogen-bond donors (Lipinski definition) is 0. The molecule has 34 heavy (non-hydrogen) atoms. The summed E-state index contributed by atoms with van der Waals surface area (Å²) in [6.07, 6.45) is -19.2. The average molecular weight is 540 g/mol. The fraction of sp³-hybridized carbons (Fsp3) is 0.812. The van der Waals surface area contributed by atoms with E-state index >= 15 is 0 Å². The third-order valence-electron chi connectivity index (χ3n) is 5.01.